The number of urea groups is 1. The third kappa shape index (κ3) is 5.19. The molecule has 0 spiro atoms. The molecule has 154 valence electrons. The van der Waals surface area contributed by atoms with E-state index in [1.54, 1.807) is 30.6 Å². The highest BCUT2D eigenvalue weighted by molar-refractivity contribution is 8.01. The fourth-order valence-corrected chi connectivity index (χ4v) is 5.31. The average molecular weight is 459 g/mol. The summed E-state index contributed by atoms with van der Waals surface area (Å²) in [5, 5.41) is 7.28. The second-order valence-corrected chi connectivity index (χ2v) is 9.66. The number of Topliss-reactive ketones (excluding diaryl/α,β-unsaturated/α-hetero) is 1. The van der Waals surface area contributed by atoms with E-state index in [1.807, 2.05) is 18.2 Å². The fraction of sp³-hybridized carbons (Fsp3) is 0.238. The van der Waals surface area contributed by atoms with Gasteiger partial charge in [0.25, 0.3) is 0 Å². The van der Waals surface area contributed by atoms with Gasteiger partial charge >= 0.3 is 6.03 Å². The van der Waals surface area contributed by atoms with Crippen LogP contribution in [0.2, 0.25) is 5.02 Å². The van der Waals surface area contributed by atoms with Gasteiger partial charge in [0, 0.05) is 22.7 Å². The van der Waals surface area contributed by atoms with E-state index in [0.717, 1.165) is 34.9 Å². The van der Waals surface area contributed by atoms with E-state index in [4.69, 9.17) is 11.6 Å². The SMILES string of the molecule is O=C(Nc1ncc(Sc2ccccn2)s1)Nc1ccc(Cl)cc1C(=O)C1CCCC1. The number of carbonyl (C=O) groups is 2. The molecule has 0 aliphatic heterocycles. The topological polar surface area (TPSA) is 84.0 Å². The molecular weight excluding hydrogens is 440 g/mol. The summed E-state index contributed by atoms with van der Waals surface area (Å²) < 4.78 is 0.910. The molecule has 9 heteroatoms. The zero-order chi connectivity index (χ0) is 20.9. The first-order valence-electron chi connectivity index (χ1n) is 9.55. The Labute approximate surface area is 187 Å². The minimum absolute atomic E-state index is 0.00257. The monoisotopic (exact) mass is 458 g/mol. The fourth-order valence-electron chi connectivity index (χ4n) is 3.36. The molecule has 1 aromatic carbocycles. The summed E-state index contributed by atoms with van der Waals surface area (Å²) >= 11 is 8.93. The molecule has 0 atom stereocenters. The Morgan fingerprint density at radius 2 is 1.93 bits per heavy atom. The summed E-state index contributed by atoms with van der Waals surface area (Å²) in [5.74, 6) is 0.0332. The molecule has 6 nitrogen and oxygen atoms in total. The van der Waals surface area contributed by atoms with Crippen molar-refractivity contribution < 1.29 is 9.59 Å². The zero-order valence-corrected chi connectivity index (χ0v) is 18.3. The van der Waals surface area contributed by atoms with Crippen LogP contribution in [0.3, 0.4) is 0 Å². The van der Waals surface area contributed by atoms with Gasteiger partial charge < -0.3 is 5.32 Å². The number of carbonyl (C=O) groups excluding carboxylic acids is 2. The number of hydrogen-bond donors (Lipinski definition) is 2. The Balaban J connectivity index is 1.42. The molecule has 0 unspecified atom stereocenters. The van der Waals surface area contributed by atoms with Gasteiger partial charge in [-0.1, -0.05) is 53.6 Å². The molecule has 2 N–H and O–H groups in total. The lowest BCUT2D eigenvalue weighted by Crippen LogP contribution is -2.22. The lowest BCUT2D eigenvalue weighted by Gasteiger charge is -2.14. The number of amides is 2. The number of ketones is 1. The van der Waals surface area contributed by atoms with E-state index >= 15 is 0 Å². The molecule has 1 fully saturated rings. The molecule has 0 saturated heterocycles. The molecule has 0 radical (unpaired) electrons. The van der Waals surface area contributed by atoms with Crippen LogP contribution in [0.1, 0.15) is 36.0 Å². The van der Waals surface area contributed by atoms with E-state index in [2.05, 4.69) is 20.6 Å². The second-order valence-electron chi connectivity index (χ2n) is 6.87. The summed E-state index contributed by atoms with van der Waals surface area (Å²) in [6.45, 7) is 0. The van der Waals surface area contributed by atoms with Crippen molar-refractivity contribution in [3.05, 3.63) is 59.4 Å². The minimum Gasteiger partial charge on any atom is -0.307 e. The van der Waals surface area contributed by atoms with Crippen LogP contribution in [0, 0.1) is 5.92 Å². The van der Waals surface area contributed by atoms with Crippen molar-refractivity contribution in [1.29, 1.82) is 0 Å². The van der Waals surface area contributed by atoms with Gasteiger partial charge in [-0.05, 0) is 43.2 Å². The first kappa shape index (κ1) is 20.8. The third-order valence-corrected chi connectivity index (χ3v) is 6.97. The maximum atomic E-state index is 12.9. The number of anilines is 2. The molecular formula is C21H19ClN4O2S2. The molecule has 1 aliphatic carbocycles. The molecule has 1 aliphatic rings. The molecule has 2 heterocycles. The Hall–Kier alpha value is -2.42. The van der Waals surface area contributed by atoms with Crippen molar-refractivity contribution in [1.82, 2.24) is 9.97 Å². The first-order chi connectivity index (χ1) is 14.6. The maximum absolute atomic E-state index is 12.9. The third-order valence-electron chi connectivity index (χ3n) is 4.77. The van der Waals surface area contributed by atoms with Crippen molar-refractivity contribution in [3.63, 3.8) is 0 Å². The molecule has 1 saturated carbocycles. The predicted octanol–water partition coefficient (Wildman–Crippen LogP) is 6.36. The van der Waals surface area contributed by atoms with E-state index < -0.39 is 6.03 Å². The quantitative estimate of drug-likeness (QED) is 0.420. The molecule has 4 rings (SSSR count). The van der Waals surface area contributed by atoms with Crippen LogP contribution in [0.5, 0.6) is 0 Å². The molecule has 2 aromatic heterocycles. The van der Waals surface area contributed by atoms with Crippen LogP contribution in [0.4, 0.5) is 15.6 Å². The number of aromatic nitrogens is 2. The number of halogens is 1. The predicted molar refractivity (Wildman–Crippen MR) is 121 cm³/mol. The van der Waals surface area contributed by atoms with E-state index in [-0.39, 0.29) is 11.7 Å². The van der Waals surface area contributed by atoms with Gasteiger partial charge in [-0.25, -0.2) is 14.8 Å². The van der Waals surface area contributed by atoms with Gasteiger partial charge in [-0.3, -0.25) is 10.1 Å². The number of thiazole rings is 1. The number of nitrogens with zero attached hydrogens (tertiary/aromatic N) is 2. The number of nitrogens with one attached hydrogen (secondary N) is 2. The Kier molecular flexibility index (Phi) is 6.66. The van der Waals surface area contributed by atoms with Crippen LogP contribution in [-0.4, -0.2) is 21.8 Å². The number of hydrogen-bond acceptors (Lipinski definition) is 6. The van der Waals surface area contributed by atoms with Crippen molar-refractivity contribution in [3.8, 4) is 0 Å². The Morgan fingerprint density at radius 1 is 1.10 bits per heavy atom. The smallest absolute Gasteiger partial charge is 0.307 e. The van der Waals surface area contributed by atoms with Gasteiger partial charge in [0.2, 0.25) is 0 Å². The average Bonchev–Trinajstić information content (AvgIpc) is 3.42. The van der Waals surface area contributed by atoms with E-state index in [0.29, 0.717) is 21.4 Å². The van der Waals surface area contributed by atoms with Gasteiger partial charge in [0.1, 0.15) is 5.03 Å². The minimum atomic E-state index is -0.457. The van der Waals surface area contributed by atoms with Crippen molar-refractivity contribution in [2.24, 2.45) is 5.92 Å². The standard InChI is InChI=1S/C21H19ClN4O2S2/c22-14-8-9-16(15(11-14)19(27)13-5-1-2-6-13)25-20(28)26-21-24-12-18(30-21)29-17-7-3-4-10-23-17/h3-4,7-13H,1-2,5-6H2,(H2,24,25,26,28). The molecule has 2 amide bonds. The van der Waals surface area contributed by atoms with E-state index in [9.17, 15) is 9.59 Å². The lowest BCUT2D eigenvalue weighted by molar-refractivity contribution is 0.0924. The summed E-state index contributed by atoms with van der Waals surface area (Å²) in [5.41, 5.74) is 0.906. The Bertz CT molecular complexity index is 1050. The summed E-state index contributed by atoms with van der Waals surface area (Å²) in [4.78, 5) is 33.9. The normalized spacial score (nSPS) is 13.9. The highest BCUT2D eigenvalue weighted by Gasteiger charge is 2.26. The van der Waals surface area contributed by atoms with Crippen molar-refractivity contribution in [2.75, 3.05) is 10.6 Å². The maximum Gasteiger partial charge on any atom is 0.325 e. The molecule has 0 bridgehead atoms. The second kappa shape index (κ2) is 9.59. The highest BCUT2D eigenvalue weighted by atomic mass is 35.5. The zero-order valence-electron chi connectivity index (χ0n) is 15.9. The highest BCUT2D eigenvalue weighted by Crippen LogP contribution is 2.34. The summed E-state index contributed by atoms with van der Waals surface area (Å²) in [6, 6.07) is 10.2. The van der Waals surface area contributed by atoms with Crippen LogP contribution in [-0.2, 0) is 0 Å². The van der Waals surface area contributed by atoms with Crippen LogP contribution in [0.15, 0.2) is 58.0 Å². The van der Waals surface area contributed by atoms with Gasteiger partial charge in [0.05, 0.1) is 16.1 Å². The van der Waals surface area contributed by atoms with Crippen molar-refractivity contribution in [2.45, 2.75) is 34.9 Å². The van der Waals surface area contributed by atoms with Gasteiger partial charge in [0.15, 0.2) is 10.9 Å². The molecule has 3 aromatic rings. The summed E-state index contributed by atoms with van der Waals surface area (Å²) in [6.07, 6.45) is 7.30. The first-order valence-corrected chi connectivity index (χ1v) is 11.6. The number of benzene rings is 1. The van der Waals surface area contributed by atoms with Crippen molar-refractivity contribution >= 4 is 57.3 Å². The van der Waals surface area contributed by atoms with Gasteiger partial charge in [-0.15, -0.1) is 0 Å². The molecule has 30 heavy (non-hydrogen) atoms. The number of pyridine rings is 1. The summed E-state index contributed by atoms with van der Waals surface area (Å²) in [7, 11) is 0. The van der Waals surface area contributed by atoms with Crippen LogP contribution < -0.4 is 10.6 Å². The Morgan fingerprint density at radius 3 is 2.70 bits per heavy atom. The largest absolute Gasteiger partial charge is 0.325 e. The van der Waals surface area contributed by atoms with Crippen LogP contribution >= 0.6 is 34.7 Å². The number of rotatable bonds is 6. The van der Waals surface area contributed by atoms with Crippen LogP contribution in [0.25, 0.3) is 0 Å². The lowest BCUT2D eigenvalue weighted by atomic mass is 9.95. The van der Waals surface area contributed by atoms with E-state index in [1.165, 1.54) is 23.1 Å². The van der Waals surface area contributed by atoms with Gasteiger partial charge in [-0.2, -0.15) is 0 Å².